The van der Waals surface area contributed by atoms with Gasteiger partial charge in [-0.25, -0.2) is 0 Å². The number of benzene rings is 1. The van der Waals surface area contributed by atoms with Crippen molar-refractivity contribution in [2.24, 2.45) is 0 Å². The number of likely N-dealkylation sites (N-methyl/N-ethyl adjacent to an activating group) is 1. The molecule has 0 saturated carbocycles. The first-order chi connectivity index (χ1) is 14.1. The fourth-order valence-electron chi connectivity index (χ4n) is 4.75. The number of carbonyl (C=O) groups excluding carboxylic acids is 1. The molecule has 7 heteroatoms. The van der Waals surface area contributed by atoms with E-state index in [1.54, 1.807) is 0 Å². The molecule has 152 valence electrons. The van der Waals surface area contributed by atoms with Gasteiger partial charge in [-0.3, -0.25) is 4.79 Å². The van der Waals surface area contributed by atoms with Crippen molar-refractivity contribution in [3.05, 3.63) is 47.2 Å². The Kier molecular flexibility index (Phi) is 4.62. The molecule has 0 aliphatic carbocycles. The molecule has 5 rings (SSSR count). The number of piperidine rings is 1. The van der Waals surface area contributed by atoms with Crippen molar-refractivity contribution in [1.29, 1.82) is 0 Å². The third-order valence-corrected chi connectivity index (χ3v) is 6.37. The second-order valence-corrected chi connectivity index (χ2v) is 8.32. The quantitative estimate of drug-likeness (QED) is 0.670. The third kappa shape index (κ3) is 3.23. The van der Waals surface area contributed by atoms with E-state index in [4.69, 9.17) is 4.42 Å². The van der Waals surface area contributed by atoms with E-state index >= 15 is 0 Å². The minimum atomic E-state index is -0.0311. The molecule has 7 nitrogen and oxygen atoms in total. The highest BCUT2D eigenvalue weighted by Gasteiger charge is 2.29. The second-order valence-electron chi connectivity index (χ2n) is 8.32. The van der Waals surface area contributed by atoms with Gasteiger partial charge in [-0.15, -0.1) is 10.2 Å². The summed E-state index contributed by atoms with van der Waals surface area (Å²) >= 11 is 0. The average molecular weight is 393 g/mol. The number of carbonyl (C=O) groups is 1. The van der Waals surface area contributed by atoms with Crippen LogP contribution in [-0.2, 0) is 13.0 Å². The van der Waals surface area contributed by atoms with Crippen LogP contribution in [0.5, 0.6) is 0 Å². The minimum absolute atomic E-state index is 0.0311. The third-order valence-electron chi connectivity index (χ3n) is 6.37. The zero-order valence-corrected chi connectivity index (χ0v) is 17.1. The number of likely N-dealkylation sites (tertiary alicyclic amines) is 1. The fraction of sp³-hybridized carbons (Fsp3) is 0.500. The predicted molar refractivity (Wildman–Crippen MR) is 110 cm³/mol. The van der Waals surface area contributed by atoms with Crippen molar-refractivity contribution in [3.8, 4) is 0 Å². The van der Waals surface area contributed by atoms with Crippen molar-refractivity contribution < 1.29 is 9.21 Å². The number of fused-ring (bicyclic) bond motifs is 2. The number of hydrogen-bond donors (Lipinski definition) is 0. The Morgan fingerprint density at radius 2 is 2.00 bits per heavy atom. The molecule has 0 radical (unpaired) electrons. The predicted octanol–water partition coefficient (Wildman–Crippen LogP) is 2.84. The van der Waals surface area contributed by atoms with Crippen molar-refractivity contribution in [1.82, 2.24) is 24.6 Å². The van der Waals surface area contributed by atoms with E-state index in [-0.39, 0.29) is 5.91 Å². The Hall–Kier alpha value is -2.67. The zero-order chi connectivity index (χ0) is 20.0. The Bertz CT molecular complexity index is 1050. The Labute approximate surface area is 170 Å². The molecule has 0 bridgehead atoms. The van der Waals surface area contributed by atoms with Crippen LogP contribution in [0.2, 0.25) is 0 Å². The SMILES string of the molecule is Cc1c(C(=O)N2CCc3nnc(C4CCCN(C)C4)n3CC2)oc2ccccc12. The maximum absolute atomic E-state index is 13.2. The topological polar surface area (TPSA) is 67.4 Å². The summed E-state index contributed by atoms with van der Waals surface area (Å²) in [5, 5.41) is 10.0. The van der Waals surface area contributed by atoms with Crippen LogP contribution in [-0.4, -0.2) is 63.7 Å². The highest BCUT2D eigenvalue weighted by atomic mass is 16.3. The van der Waals surface area contributed by atoms with E-state index < -0.39 is 0 Å². The first-order valence-electron chi connectivity index (χ1n) is 10.5. The van der Waals surface area contributed by atoms with Crippen molar-refractivity contribution in [2.45, 2.75) is 38.6 Å². The average Bonchev–Trinajstić information content (AvgIpc) is 3.22. The number of aromatic nitrogens is 3. The summed E-state index contributed by atoms with van der Waals surface area (Å²) in [5.74, 6) is 2.93. The van der Waals surface area contributed by atoms with Gasteiger partial charge >= 0.3 is 0 Å². The summed E-state index contributed by atoms with van der Waals surface area (Å²) in [5.41, 5.74) is 1.68. The molecule has 1 saturated heterocycles. The Balaban J connectivity index is 1.36. The summed E-state index contributed by atoms with van der Waals surface area (Å²) in [6, 6.07) is 7.82. The lowest BCUT2D eigenvalue weighted by Crippen LogP contribution is -2.34. The maximum atomic E-state index is 13.2. The van der Waals surface area contributed by atoms with E-state index in [0.29, 0.717) is 24.8 Å². The van der Waals surface area contributed by atoms with E-state index in [9.17, 15) is 4.79 Å². The van der Waals surface area contributed by atoms with Gasteiger partial charge in [-0.05, 0) is 39.4 Å². The molecule has 2 aromatic heterocycles. The highest BCUT2D eigenvalue weighted by Crippen LogP contribution is 2.28. The van der Waals surface area contributed by atoms with Gasteiger partial charge in [0, 0.05) is 49.5 Å². The van der Waals surface area contributed by atoms with Crippen molar-refractivity contribution >= 4 is 16.9 Å². The van der Waals surface area contributed by atoms with Gasteiger partial charge in [0.15, 0.2) is 5.76 Å². The lowest BCUT2D eigenvalue weighted by atomic mass is 9.97. The first-order valence-corrected chi connectivity index (χ1v) is 10.5. The van der Waals surface area contributed by atoms with Gasteiger partial charge in [0.05, 0.1) is 0 Å². The molecular weight excluding hydrogens is 366 g/mol. The van der Waals surface area contributed by atoms with Crippen LogP contribution in [0.1, 0.15) is 46.5 Å². The number of amides is 1. The van der Waals surface area contributed by atoms with E-state index in [1.165, 1.54) is 6.42 Å². The van der Waals surface area contributed by atoms with Crippen LogP contribution in [0, 0.1) is 6.92 Å². The summed E-state index contributed by atoms with van der Waals surface area (Å²) in [7, 11) is 2.17. The normalized spacial score (nSPS) is 20.6. The second kappa shape index (κ2) is 7.30. The molecule has 2 aliphatic heterocycles. The largest absolute Gasteiger partial charge is 0.451 e. The number of nitrogens with zero attached hydrogens (tertiary/aromatic N) is 5. The van der Waals surface area contributed by atoms with Crippen LogP contribution < -0.4 is 0 Å². The maximum Gasteiger partial charge on any atom is 0.289 e. The van der Waals surface area contributed by atoms with Gasteiger partial charge in [-0.1, -0.05) is 18.2 Å². The zero-order valence-electron chi connectivity index (χ0n) is 17.1. The van der Waals surface area contributed by atoms with Gasteiger partial charge in [0.25, 0.3) is 5.91 Å². The Morgan fingerprint density at radius 1 is 1.14 bits per heavy atom. The monoisotopic (exact) mass is 393 g/mol. The summed E-state index contributed by atoms with van der Waals surface area (Å²) < 4.78 is 8.17. The van der Waals surface area contributed by atoms with E-state index in [2.05, 4.69) is 26.7 Å². The summed E-state index contributed by atoms with van der Waals surface area (Å²) in [6.45, 7) is 6.16. The van der Waals surface area contributed by atoms with Crippen molar-refractivity contribution in [2.75, 3.05) is 33.2 Å². The molecule has 29 heavy (non-hydrogen) atoms. The van der Waals surface area contributed by atoms with Crippen LogP contribution in [0.4, 0.5) is 0 Å². The molecule has 0 N–H and O–H groups in total. The van der Waals surface area contributed by atoms with Gasteiger partial charge < -0.3 is 18.8 Å². The molecule has 4 heterocycles. The lowest BCUT2D eigenvalue weighted by molar-refractivity contribution is 0.0728. The number of aryl methyl sites for hydroxylation is 1. The van der Waals surface area contributed by atoms with E-state index in [0.717, 1.165) is 60.7 Å². The van der Waals surface area contributed by atoms with Gasteiger partial charge in [0.1, 0.15) is 17.2 Å². The lowest BCUT2D eigenvalue weighted by Gasteiger charge is -2.29. The molecular formula is C22H27N5O2. The van der Waals surface area contributed by atoms with Gasteiger partial charge in [0.2, 0.25) is 0 Å². The standard InChI is InChI=1S/C22H27N5O2/c1-15-17-7-3-4-8-18(17)29-20(15)22(28)26-11-9-19-23-24-21(27(19)13-12-26)16-6-5-10-25(2)14-16/h3-4,7-8,16H,5-6,9-14H2,1-2H3. The van der Waals surface area contributed by atoms with Crippen LogP contribution >= 0.6 is 0 Å². The number of furan rings is 1. The number of rotatable bonds is 2. The minimum Gasteiger partial charge on any atom is -0.451 e. The molecule has 1 aromatic carbocycles. The van der Waals surface area contributed by atoms with Crippen molar-refractivity contribution in [3.63, 3.8) is 0 Å². The van der Waals surface area contributed by atoms with Gasteiger partial charge in [-0.2, -0.15) is 0 Å². The summed E-state index contributed by atoms with van der Waals surface area (Å²) in [4.78, 5) is 17.5. The smallest absolute Gasteiger partial charge is 0.289 e. The number of hydrogen-bond acceptors (Lipinski definition) is 5. The molecule has 0 spiro atoms. The molecule has 3 aromatic rings. The highest BCUT2D eigenvalue weighted by molar-refractivity contribution is 5.98. The Morgan fingerprint density at radius 3 is 2.83 bits per heavy atom. The molecule has 1 fully saturated rings. The van der Waals surface area contributed by atoms with Crippen LogP contribution in [0.15, 0.2) is 28.7 Å². The molecule has 1 atom stereocenters. The summed E-state index contributed by atoms with van der Waals surface area (Å²) in [6.07, 6.45) is 3.07. The van der Waals surface area contributed by atoms with Crippen LogP contribution in [0.3, 0.4) is 0 Å². The number of para-hydroxylation sites is 1. The van der Waals surface area contributed by atoms with Crippen LogP contribution in [0.25, 0.3) is 11.0 Å². The van der Waals surface area contributed by atoms with E-state index in [1.807, 2.05) is 36.1 Å². The molecule has 2 aliphatic rings. The molecule has 1 amide bonds. The first kappa shape index (κ1) is 18.4. The fourth-order valence-corrected chi connectivity index (χ4v) is 4.75. The molecule has 1 unspecified atom stereocenters.